The Morgan fingerprint density at radius 3 is 2.38 bits per heavy atom. The molecular weight excluding hydrogens is 268 g/mol. The van der Waals surface area contributed by atoms with E-state index in [0.717, 1.165) is 23.2 Å². The van der Waals surface area contributed by atoms with E-state index in [1.54, 1.807) is 14.2 Å². The molecule has 0 radical (unpaired) electrons. The molecular formula is C13H19BrO2. The van der Waals surface area contributed by atoms with Crippen molar-refractivity contribution in [2.24, 2.45) is 5.41 Å². The zero-order valence-corrected chi connectivity index (χ0v) is 11.9. The molecule has 0 saturated heterocycles. The molecule has 16 heavy (non-hydrogen) atoms. The van der Waals surface area contributed by atoms with Crippen molar-refractivity contribution in [2.75, 3.05) is 19.5 Å². The van der Waals surface area contributed by atoms with Crippen molar-refractivity contribution in [2.45, 2.75) is 20.3 Å². The third-order valence-electron chi connectivity index (χ3n) is 2.52. The summed E-state index contributed by atoms with van der Waals surface area (Å²) in [4.78, 5) is 0. The Bertz CT molecular complexity index is 348. The zero-order chi connectivity index (χ0) is 12.2. The Balaban J connectivity index is 2.96. The fraction of sp³-hybridized carbons (Fsp3) is 0.538. The van der Waals surface area contributed by atoms with Gasteiger partial charge in [-0.25, -0.2) is 0 Å². The molecule has 0 aromatic heterocycles. The minimum absolute atomic E-state index is 0.224. The maximum Gasteiger partial charge on any atom is 0.125 e. The fourth-order valence-electron chi connectivity index (χ4n) is 1.56. The molecule has 0 aliphatic rings. The third kappa shape index (κ3) is 3.41. The molecule has 0 saturated carbocycles. The smallest absolute Gasteiger partial charge is 0.125 e. The predicted octanol–water partition coefficient (Wildman–Crippen LogP) is 3.67. The molecule has 1 aromatic carbocycles. The molecule has 0 N–H and O–H groups in total. The summed E-state index contributed by atoms with van der Waals surface area (Å²) in [5.41, 5.74) is 1.44. The SMILES string of the molecule is COc1ccc(CC(C)(C)CBr)c(OC)c1. The molecule has 90 valence electrons. The van der Waals surface area contributed by atoms with Crippen LogP contribution >= 0.6 is 15.9 Å². The van der Waals surface area contributed by atoms with Crippen LogP contribution in [0.15, 0.2) is 18.2 Å². The van der Waals surface area contributed by atoms with E-state index in [2.05, 4.69) is 35.8 Å². The first-order valence-corrected chi connectivity index (χ1v) is 6.41. The summed E-state index contributed by atoms with van der Waals surface area (Å²) < 4.78 is 10.6. The van der Waals surface area contributed by atoms with Gasteiger partial charge < -0.3 is 9.47 Å². The number of benzene rings is 1. The molecule has 1 rings (SSSR count). The molecule has 0 aliphatic heterocycles. The second kappa shape index (κ2) is 5.58. The Kier molecular flexibility index (Phi) is 4.66. The average molecular weight is 287 g/mol. The van der Waals surface area contributed by atoms with Crippen LogP contribution in [-0.2, 0) is 6.42 Å². The van der Waals surface area contributed by atoms with E-state index < -0.39 is 0 Å². The first-order valence-electron chi connectivity index (χ1n) is 5.29. The topological polar surface area (TPSA) is 18.5 Å². The average Bonchev–Trinajstić information content (AvgIpc) is 2.29. The lowest BCUT2D eigenvalue weighted by Crippen LogP contribution is -2.17. The summed E-state index contributed by atoms with van der Waals surface area (Å²) in [7, 11) is 3.36. The quantitative estimate of drug-likeness (QED) is 0.769. The van der Waals surface area contributed by atoms with E-state index >= 15 is 0 Å². The molecule has 2 nitrogen and oxygen atoms in total. The number of alkyl halides is 1. The van der Waals surface area contributed by atoms with Crippen molar-refractivity contribution in [3.63, 3.8) is 0 Å². The van der Waals surface area contributed by atoms with Crippen LogP contribution in [0.2, 0.25) is 0 Å². The van der Waals surface area contributed by atoms with Gasteiger partial charge in [0.2, 0.25) is 0 Å². The van der Waals surface area contributed by atoms with Crippen LogP contribution in [0.25, 0.3) is 0 Å². The first kappa shape index (κ1) is 13.4. The lowest BCUT2D eigenvalue weighted by molar-refractivity contribution is 0.375. The number of ether oxygens (including phenoxy) is 2. The zero-order valence-electron chi connectivity index (χ0n) is 10.3. The molecule has 0 aliphatic carbocycles. The van der Waals surface area contributed by atoms with Gasteiger partial charge in [0.05, 0.1) is 14.2 Å². The second-order valence-corrected chi connectivity index (χ2v) is 5.21. The van der Waals surface area contributed by atoms with Crippen LogP contribution < -0.4 is 9.47 Å². The minimum atomic E-state index is 0.224. The largest absolute Gasteiger partial charge is 0.497 e. The minimum Gasteiger partial charge on any atom is -0.497 e. The van der Waals surface area contributed by atoms with Gasteiger partial charge in [0.1, 0.15) is 11.5 Å². The van der Waals surface area contributed by atoms with E-state index in [1.165, 1.54) is 5.56 Å². The summed E-state index contributed by atoms with van der Waals surface area (Å²) >= 11 is 3.54. The van der Waals surface area contributed by atoms with Crippen molar-refractivity contribution in [1.29, 1.82) is 0 Å². The number of methoxy groups -OCH3 is 2. The molecule has 0 spiro atoms. The number of halogens is 1. The highest BCUT2D eigenvalue weighted by molar-refractivity contribution is 9.09. The van der Waals surface area contributed by atoms with E-state index in [9.17, 15) is 0 Å². The summed E-state index contributed by atoms with van der Waals surface area (Å²) in [6.07, 6.45) is 0.978. The van der Waals surface area contributed by atoms with Gasteiger partial charge in [-0.3, -0.25) is 0 Å². The van der Waals surface area contributed by atoms with Crippen molar-refractivity contribution >= 4 is 15.9 Å². The predicted molar refractivity (Wildman–Crippen MR) is 70.8 cm³/mol. The highest BCUT2D eigenvalue weighted by Gasteiger charge is 2.19. The number of rotatable bonds is 5. The summed E-state index contributed by atoms with van der Waals surface area (Å²) in [5, 5.41) is 0.967. The van der Waals surface area contributed by atoms with Gasteiger partial charge >= 0.3 is 0 Å². The van der Waals surface area contributed by atoms with E-state index in [4.69, 9.17) is 9.47 Å². The normalized spacial score (nSPS) is 11.3. The van der Waals surface area contributed by atoms with Gasteiger partial charge in [-0.1, -0.05) is 35.8 Å². The summed E-state index contributed by atoms with van der Waals surface area (Å²) in [5.74, 6) is 1.73. The van der Waals surface area contributed by atoms with E-state index in [-0.39, 0.29) is 5.41 Å². The van der Waals surface area contributed by atoms with Gasteiger partial charge in [-0.05, 0) is 23.5 Å². The fourth-order valence-corrected chi connectivity index (χ4v) is 1.76. The van der Waals surface area contributed by atoms with E-state index in [0.29, 0.717) is 0 Å². The Hall–Kier alpha value is -0.700. The van der Waals surface area contributed by atoms with Gasteiger partial charge in [-0.2, -0.15) is 0 Å². The molecule has 0 atom stereocenters. The van der Waals surface area contributed by atoms with Crippen LogP contribution in [0.3, 0.4) is 0 Å². The molecule has 0 fully saturated rings. The number of hydrogen-bond acceptors (Lipinski definition) is 2. The lowest BCUT2D eigenvalue weighted by Gasteiger charge is -2.23. The Labute approximate surface area is 106 Å². The Morgan fingerprint density at radius 1 is 1.19 bits per heavy atom. The van der Waals surface area contributed by atoms with Gasteiger partial charge in [0.25, 0.3) is 0 Å². The maximum atomic E-state index is 5.38. The van der Waals surface area contributed by atoms with Crippen molar-refractivity contribution in [3.8, 4) is 11.5 Å². The van der Waals surface area contributed by atoms with Crippen LogP contribution in [-0.4, -0.2) is 19.5 Å². The third-order valence-corrected chi connectivity index (χ3v) is 4.04. The number of hydrogen-bond donors (Lipinski definition) is 0. The van der Waals surface area contributed by atoms with Crippen molar-refractivity contribution < 1.29 is 9.47 Å². The molecule has 0 bridgehead atoms. The monoisotopic (exact) mass is 286 g/mol. The maximum absolute atomic E-state index is 5.38. The highest BCUT2D eigenvalue weighted by Crippen LogP contribution is 2.31. The van der Waals surface area contributed by atoms with Crippen LogP contribution in [0.1, 0.15) is 19.4 Å². The van der Waals surface area contributed by atoms with E-state index in [1.807, 2.05) is 12.1 Å². The van der Waals surface area contributed by atoms with Gasteiger partial charge in [0, 0.05) is 11.4 Å². The van der Waals surface area contributed by atoms with Crippen LogP contribution in [0.4, 0.5) is 0 Å². The van der Waals surface area contributed by atoms with Crippen molar-refractivity contribution in [3.05, 3.63) is 23.8 Å². The second-order valence-electron chi connectivity index (χ2n) is 4.65. The van der Waals surface area contributed by atoms with Gasteiger partial charge in [-0.15, -0.1) is 0 Å². The molecule has 0 heterocycles. The molecule has 0 unspecified atom stereocenters. The highest BCUT2D eigenvalue weighted by atomic mass is 79.9. The van der Waals surface area contributed by atoms with Crippen LogP contribution in [0, 0.1) is 5.41 Å². The Morgan fingerprint density at radius 2 is 1.88 bits per heavy atom. The standard InChI is InChI=1S/C13H19BrO2/c1-13(2,9-14)8-10-5-6-11(15-3)7-12(10)16-4/h5-7H,8-9H2,1-4H3. The lowest BCUT2D eigenvalue weighted by atomic mass is 9.87. The molecule has 0 amide bonds. The first-order chi connectivity index (χ1) is 7.52. The molecule has 3 heteroatoms. The summed E-state index contributed by atoms with van der Waals surface area (Å²) in [6.45, 7) is 4.46. The van der Waals surface area contributed by atoms with Gasteiger partial charge in [0.15, 0.2) is 0 Å². The van der Waals surface area contributed by atoms with Crippen LogP contribution in [0.5, 0.6) is 11.5 Å². The summed E-state index contributed by atoms with van der Waals surface area (Å²) in [6, 6.07) is 5.98. The van der Waals surface area contributed by atoms with Crippen molar-refractivity contribution in [1.82, 2.24) is 0 Å². The molecule has 1 aromatic rings.